The number of nitriles is 1. The molecule has 0 radical (unpaired) electrons. The maximum absolute atomic E-state index is 13.2. The van der Waals surface area contributed by atoms with Crippen molar-refractivity contribution in [2.45, 2.75) is 13.5 Å². The molecule has 5 rings (SSSR count). The summed E-state index contributed by atoms with van der Waals surface area (Å²) >= 11 is 1.39. The zero-order valence-electron chi connectivity index (χ0n) is 17.3. The van der Waals surface area contributed by atoms with E-state index < -0.39 is 0 Å². The zero-order chi connectivity index (χ0) is 22.1. The minimum atomic E-state index is -0.287. The molecular weight excluding hydrogens is 419 g/mol. The van der Waals surface area contributed by atoms with Crippen molar-refractivity contribution in [3.8, 4) is 17.3 Å². The Balaban J connectivity index is 1.46. The Morgan fingerprint density at radius 1 is 1.09 bits per heavy atom. The van der Waals surface area contributed by atoms with Crippen LogP contribution >= 0.6 is 11.3 Å². The molecule has 0 unspecified atom stereocenters. The number of nitrogens with one attached hydrogen (secondary N) is 1. The van der Waals surface area contributed by atoms with Crippen LogP contribution < -0.4 is 5.32 Å². The first-order valence-electron chi connectivity index (χ1n) is 10.3. The third-order valence-electron chi connectivity index (χ3n) is 5.47. The van der Waals surface area contributed by atoms with Crippen LogP contribution in [0.4, 0.5) is 10.1 Å². The Morgan fingerprint density at radius 3 is 2.66 bits per heavy atom. The minimum Gasteiger partial charge on any atom is -0.360 e. The molecule has 0 atom stereocenters. The highest BCUT2D eigenvalue weighted by Crippen LogP contribution is 2.31. The van der Waals surface area contributed by atoms with Crippen LogP contribution in [0.3, 0.4) is 0 Å². The van der Waals surface area contributed by atoms with E-state index in [-0.39, 0.29) is 5.82 Å². The average Bonchev–Trinajstić information content (AvgIpc) is 3.43. The molecule has 0 saturated heterocycles. The van der Waals surface area contributed by atoms with Crippen LogP contribution in [0.2, 0.25) is 0 Å². The van der Waals surface area contributed by atoms with Gasteiger partial charge in [0.05, 0.1) is 5.69 Å². The summed E-state index contributed by atoms with van der Waals surface area (Å²) in [6.45, 7) is 3.05. The van der Waals surface area contributed by atoms with Crippen LogP contribution in [0.25, 0.3) is 38.6 Å². The molecule has 0 aliphatic carbocycles. The molecule has 2 aromatic heterocycles. The van der Waals surface area contributed by atoms with E-state index in [2.05, 4.69) is 64.3 Å². The second kappa shape index (κ2) is 8.29. The van der Waals surface area contributed by atoms with Gasteiger partial charge in [0.15, 0.2) is 0 Å². The van der Waals surface area contributed by atoms with Crippen molar-refractivity contribution in [2.75, 3.05) is 5.32 Å². The molecule has 3 aromatic carbocycles. The van der Waals surface area contributed by atoms with Gasteiger partial charge < -0.3 is 9.88 Å². The van der Waals surface area contributed by atoms with E-state index in [1.165, 1.54) is 45.3 Å². The Labute approximate surface area is 188 Å². The van der Waals surface area contributed by atoms with E-state index in [0.29, 0.717) is 10.6 Å². The van der Waals surface area contributed by atoms with Gasteiger partial charge in [-0.2, -0.15) is 5.26 Å². The minimum absolute atomic E-state index is 0.287. The molecule has 0 aliphatic rings. The average molecular weight is 439 g/mol. The van der Waals surface area contributed by atoms with E-state index in [1.807, 2.05) is 11.4 Å². The highest BCUT2D eigenvalue weighted by Gasteiger charge is 2.11. The fourth-order valence-electron chi connectivity index (χ4n) is 3.93. The number of benzene rings is 3. The topological polar surface area (TPSA) is 53.6 Å². The van der Waals surface area contributed by atoms with E-state index in [1.54, 1.807) is 18.3 Å². The molecule has 0 fully saturated rings. The van der Waals surface area contributed by atoms with E-state index >= 15 is 0 Å². The van der Waals surface area contributed by atoms with Gasteiger partial charge in [0.1, 0.15) is 22.5 Å². The molecule has 5 aromatic rings. The van der Waals surface area contributed by atoms with Crippen molar-refractivity contribution in [1.29, 1.82) is 5.26 Å². The number of fused-ring (bicyclic) bond motifs is 3. The lowest BCUT2D eigenvalue weighted by molar-refractivity contribution is 0.628. The smallest absolute Gasteiger partial charge is 0.136 e. The number of halogens is 1. The Morgan fingerprint density at radius 2 is 1.88 bits per heavy atom. The summed E-state index contributed by atoms with van der Waals surface area (Å²) in [4.78, 5) is 4.56. The monoisotopic (exact) mass is 438 g/mol. The fourth-order valence-corrected chi connectivity index (χ4v) is 4.73. The summed E-state index contributed by atoms with van der Waals surface area (Å²) in [5, 5.41) is 17.8. The third-order valence-corrected chi connectivity index (χ3v) is 6.34. The number of anilines is 1. The number of nitrogens with zero attached hydrogens (tertiary/aromatic N) is 3. The van der Waals surface area contributed by atoms with Gasteiger partial charge in [0.25, 0.3) is 0 Å². The summed E-state index contributed by atoms with van der Waals surface area (Å²) < 4.78 is 15.5. The SMILES string of the molecule is CCn1c2ccccc2c2cc(N/C=C(\C#N)c3nc(-c4ccc(F)cc4)cs3)ccc21. The molecule has 1 N–H and O–H groups in total. The van der Waals surface area contributed by atoms with Gasteiger partial charge in [-0.1, -0.05) is 18.2 Å². The molecule has 156 valence electrons. The molecule has 0 bridgehead atoms. The van der Waals surface area contributed by atoms with E-state index in [9.17, 15) is 9.65 Å². The third kappa shape index (κ3) is 3.53. The Kier molecular flexibility index (Phi) is 5.18. The van der Waals surface area contributed by atoms with Crippen LogP contribution in [0.1, 0.15) is 11.9 Å². The van der Waals surface area contributed by atoms with Crippen LogP contribution in [0, 0.1) is 17.1 Å². The maximum atomic E-state index is 13.2. The van der Waals surface area contributed by atoms with E-state index in [0.717, 1.165) is 23.5 Å². The molecule has 6 heteroatoms. The number of aromatic nitrogens is 2. The van der Waals surface area contributed by atoms with Gasteiger partial charge in [-0.15, -0.1) is 11.3 Å². The second-order valence-corrected chi connectivity index (χ2v) is 8.21. The van der Waals surface area contributed by atoms with Crippen molar-refractivity contribution in [3.05, 3.63) is 89.1 Å². The molecule has 0 saturated carbocycles. The normalized spacial score (nSPS) is 11.7. The fraction of sp³-hybridized carbons (Fsp3) is 0.0769. The van der Waals surface area contributed by atoms with Crippen molar-refractivity contribution < 1.29 is 4.39 Å². The van der Waals surface area contributed by atoms with Crippen LogP contribution in [-0.2, 0) is 6.54 Å². The Hall–Kier alpha value is -3.95. The summed E-state index contributed by atoms with van der Waals surface area (Å²) in [5.74, 6) is -0.287. The molecule has 2 heterocycles. The molecule has 0 amide bonds. The number of hydrogen-bond acceptors (Lipinski definition) is 4. The van der Waals surface area contributed by atoms with Gasteiger partial charge in [-0.3, -0.25) is 0 Å². The second-order valence-electron chi connectivity index (χ2n) is 7.35. The summed E-state index contributed by atoms with van der Waals surface area (Å²) in [5.41, 5.74) is 5.29. The molecule has 32 heavy (non-hydrogen) atoms. The van der Waals surface area contributed by atoms with E-state index in [4.69, 9.17) is 0 Å². The van der Waals surface area contributed by atoms with Crippen molar-refractivity contribution in [1.82, 2.24) is 9.55 Å². The van der Waals surface area contributed by atoms with Crippen molar-refractivity contribution >= 4 is 44.4 Å². The molecule has 0 spiro atoms. The first-order valence-corrected chi connectivity index (χ1v) is 11.2. The predicted molar refractivity (Wildman–Crippen MR) is 130 cm³/mol. The lowest BCUT2D eigenvalue weighted by atomic mass is 10.1. The molecule has 0 aliphatic heterocycles. The van der Waals surface area contributed by atoms with Gasteiger partial charge in [-0.05, 0) is 55.5 Å². The zero-order valence-corrected chi connectivity index (χ0v) is 18.2. The Bertz CT molecular complexity index is 1500. The van der Waals surface area contributed by atoms with Crippen LogP contribution in [0.5, 0.6) is 0 Å². The lowest BCUT2D eigenvalue weighted by Gasteiger charge is -2.05. The predicted octanol–water partition coefficient (Wildman–Crippen LogP) is 7.05. The number of para-hydroxylation sites is 1. The number of thiazole rings is 1. The summed E-state index contributed by atoms with van der Waals surface area (Å²) in [6, 6.07) is 23.0. The number of allylic oxidation sites excluding steroid dienone is 1. The van der Waals surface area contributed by atoms with Gasteiger partial charge in [0.2, 0.25) is 0 Å². The molecule has 4 nitrogen and oxygen atoms in total. The number of aryl methyl sites for hydroxylation is 1. The number of hydrogen-bond donors (Lipinski definition) is 1. The van der Waals surface area contributed by atoms with Gasteiger partial charge >= 0.3 is 0 Å². The molecular formula is C26H19FN4S. The highest BCUT2D eigenvalue weighted by atomic mass is 32.1. The van der Waals surface area contributed by atoms with Crippen molar-refractivity contribution in [2.24, 2.45) is 0 Å². The van der Waals surface area contributed by atoms with Gasteiger partial charge in [0, 0.05) is 51.2 Å². The highest BCUT2D eigenvalue weighted by molar-refractivity contribution is 7.11. The largest absolute Gasteiger partial charge is 0.360 e. The van der Waals surface area contributed by atoms with Crippen LogP contribution in [0.15, 0.2) is 78.3 Å². The lowest BCUT2D eigenvalue weighted by Crippen LogP contribution is -1.94. The van der Waals surface area contributed by atoms with Crippen molar-refractivity contribution in [3.63, 3.8) is 0 Å². The standard InChI is InChI=1S/C26H19FN4S/c1-2-31-24-6-4-3-5-21(24)22-13-20(11-12-25(22)31)29-15-18(14-28)26-30-23(16-32-26)17-7-9-19(27)10-8-17/h3-13,15-16,29H,2H2,1H3/b18-15+. The first kappa shape index (κ1) is 20.0. The number of rotatable bonds is 5. The first-order chi connectivity index (χ1) is 15.7. The summed E-state index contributed by atoms with van der Waals surface area (Å²) in [7, 11) is 0. The van der Waals surface area contributed by atoms with Gasteiger partial charge in [-0.25, -0.2) is 9.37 Å². The maximum Gasteiger partial charge on any atom is 0.136 e. The quantitative estimate of drug-likeness (QED) is 0.299. The summed E-state index contributed by atoms with van der Waals surface area (Å²) in [6.07, 6.45) is 1.69. The van der Waals surface area contributed by atoms with Crippen LogP contribution in [-0.4, -0.2) is 9.55 Å².